The molecule has 2 heteroatoms. The van der Waals surface area contributed by atoms with Gasteiger partial charge in [0.05, 0.1) is 5.92 Å². The molecule has 0 bridgehead atoms. The van der Waals surface area contributed by atoms with Crippen molar-refractivity contribution in [1.29, 1.82) is 0 Å². The largest absolute Gasteiger partial charge is 0.481 e. The van der Waals surface area contributed by atoms with Crippen molar-refractivity contribution >= 4 is 5.97 Å². The van der Waals surface area contributed by atoms with E-state index >= 15 is 0 Å². The van der Waals surface area contributed by atoms with Gasteiger partial charge in [0.2, 0.25) is 0 Å². The molecule has 29 heavy (non-hydrogen) atoms. The summed E-state index contributed by atoms with van der Waals surface area (Å²) in [7, 11) is 0. The van der Waals surface area contributed by atoms with Crippen LogP contribution >= 0.6 is 0 Å². The van der Waals surface area contributed by atoms with Gasteiger partial charge in [-0.1, -0.05) is 155 Å². The van der Waals surface area contributed by atoms with Gasteiger partial charge in [-0.15, -0.1) is 0 Å². The van der Waals surface area contributed by atoms with Crippen LogP contribution in [0.15, 0.2) is 0 Å². The Labute approximate surface area is 183 Å². The van der Waals surface area contributed by atoms with Gasteiger partial charge >= 0.3 is 5.97 Å². The summed E-state index contributed by atoms with van der Waals surface area (Å²) < 4.78 is 0. The van der Waals surface area contributed by atoms with Crippen LogP contribution in [-0.4, -0.2) is 11.1 Å². The highest BCUT2D eigenvalue weighted by molar-refractivity contribution is 5.69. The van der Waals surface area contributed by atoms with Gasteiger partial charge in [0.15, 0.2) is 0 Å². The first-order chi connectivity index (χ1) is 14.2. The average Bonchev–Trinajstić information content (AvgIpc) is 2.71. The molecule has 0 aliphatic carbocycles. The van der Waals surface area contributed by atoms with Crippen molar-refractivity contribution in [2.75, 3.05) is 0 Å². The van der Waals surface area contributed by atoms with Crippen molar-refractivity contribution in [3.8, 4) is 0 Å². The van der Waals surface area contributed by atoms with E-state index in [-0.39, 0.29) is 5.92 Å². The van der Waals surface area contributed by atoms with Crippen molar-refractivity contribution in [1.82, 2.24) is 0 Å². The Morgan fingerprint density at radius 2 is 0.759 bits per heavy atom. The summed E-state index contributed by atoms with van der Waals surface area (Å²) in [6.45, 7) is 4.11. The Hall–Kier alpha value is -0.530. The second kappa shape index (κ2) is 23.7. The fourth-order valence-electron chi connectivity index (χ4n) is 4.18. The summed E-state index contributed by atoms with van der Waals surface area (Å²) in [5, 5.41) is 8.85. The molecule has 0 aliphatic rings. The first-order valence-electron chi connectivity index (χ1n) is 13.4. The molecule has 1 atom stereocenters. The minimum absolute atomic E-state index is 0.167. The van der Waals surface area contributed by atoms with Crippen LogP contribution in [0.5, 0.6) is 0 Å². The number of rotatable bonds is 24. The molecule has 0 aliphatic heterocycles. The highest BCUT2D eigenvalue weighted by Gasteiger charge is 2.09. The van der Waals surface area contributed by atoms with Crippen LogP contribution in [0.25, 0.3) is 0 Å². The summed E-state index contributed by atoms with van der Waals surface area (Å²) in [4.78, 5) is 10.7. The normalized spacial score (nSPS) is 12.3. The molecule has 0 saturated heterocycles. The molecule has 0 aromatic carbocycles. The zero-order valence-corrected chi connectivity index (χ0v) is 20.2. The third-order valence-electron chi connectivity index (χ3n) is 6.41. The molecule has 2 nitrogen and oxygen atoms in total. The maximum Gasteiger partial charge on any atom is 0.306 e. The number of carboxylic acid groups (broad SMARTS) is 1. The number of hydrogen-bond donors (Lipinski definition) is 1. The van der Waals surface area contributed by atoms with Crippen molar-refractivity contribution < 1.29 is 9.90 Å². The summed E-state index contributed by atoms with van der Waals surface area (Å²) in [5.41, 5.74) is 0. The Bertz CT molecular complexity index is 326. The van der Waals surface area contributed by atoms with E-state index in [1.54, 1.807) is 0 Å². The van der Waals surface area contributed by atoms with Crippen molar-refractivity contribution in [3.63, 3.8) is 0 Å². The summed E-state index contributed by atoms with van der Waals surface area (Å²) >= 11 is 0. The first kappa shape index (κ1) is 28.5. The van der Waals surface area contributed by atoms with E-state index in [1.165, 1.54) is 135 Å². The molecule has 0 amide bonds. The third-order valence-corrected chi connectivity index (χ3v) is 6.41. The van der Waals surface area contributed by atoms with Gasteiger partial charge in [0.1, 0.15) is 0 Å². The van der Waals surface area contributed by atoms with E-state index in [0.717, 1.165) is 12.8 Å². The molecule has 174 valence electrons. The first-order valence-corrected chi connectivity index (χ1v) is 13.4. The number of hydrogen-bond acceptors (Lipinski definition) is 1. The lowest BCUT2D eigenvalue weighted by Crippen LogP contribution is -2.08. The van der Waals surface area contributed by atoms with Crippen LogP contribution in [0.2, 0.25) is 0 Å². The van der Waals surface area contributed by atoms with Crippen LogP contribution in [0.4, 0.5) is 0 Å². The van der Waals surface area contributed by atoms with E-state index in [9.17, 15) is 4.79 Å². The fraction of sp³-hybridized carbons (Fsp3) is 0.963. The third kappa shape index (κ3) is 23.6. The lowest BCUT2D eigenvalue weighted by atomic mass is 10.0. The molecule has 0 saturated carbocycles. The zero-order valence-electron chi connectivity index (χ0n) is 20.2. The second-order valence-electron chi connectivity index (χ2n) is 9.45. The minimum atomic E-state index is -0.645. The summed E-state index contributed by atoms with van der Waals surface area (Å²) in [6.07, 6.45) is 31.6. The predicted octanol–water partition coefficient (Wildman–Crippen LogP) is 9.70. The molecule has 0 heterocycles. The van der Waals surface area contributed by atoms with E-state index in [1.807, 2.05) is 6.92 Å². The number of aliphatic carboxylic acids is 1. The Kier molecular flexibility index (Phi) is 23.3. The maximum absolute atomic E-state index is 10.7. The van der Waals surface area contributed by atoms with Crippen LogP contribution in [0.1, 0.15) is 162 Å². The highest BCUT2D eigenvalue weighted by atomic mass is 16.4. The van der Waals surface area contributed by atoms with Crippen LogP contribution in [0.3, 0.4) is 0 Å². The Balaban J connectivity index is 3.04. The molecule has 1 unspecified atom stereocenters. The average molecular weight is 411 g/mol. The lowest BCUT2D eigenvalue weighted by molar-refractivity contribution is -0.141. The number of carboxylic acids is 1. The fourth-order valence-corrected chi connectivity index (χ4v) is 4.18. The van der Waals surface area contributed by atoms with Crippen LogP contribution in [-0.2, 0) is 4.79 Å². The van der Waals surface area contributed by atoms with Gasteiger partial charge in [-0.05, 0) is 6.42 Å². The summed E-state index contributed by atoms with van der Waals surface area (Å²) in [6, 6.07) is 0. The molecule has 1 N–H and O–H groups in total. The van der Waals surface area contributed by atoms with E-state index in [0.29, 0.717) is 0 Å². The summed E-state index contributed by atoms with van der Waals surface area (Å²) in [5.74, 6) is -0.811. The molecular weight excluding hydrogens is 356 g/mol. The van der Waals surface area contributed by atoms with E-state index in [2.05, 4.69) is 6.92 Å². The van der Waals surface area contributed by atoms with Crippen LogP contribution in [0, 0.1) is 5.92 Å². The molecule has 0 aromatic heterocycles. The predicted molar refractivity (Wildman–Crippen MR) is 129 cm³/mol. The molecule has 0 rings (SSSR count). The minimum Gasteiger partial charge on any atom is -0.481 e. The van der Waals surface area contributed by atoms with E-state index < -0.39 is 5.97 Å². The second-order valence-corrected chi connectivity index (χ2v) is 9.45. The van der Waals surface area contributed by atoms with Crippen molar-refractivity contribution in [3.05, 3.63) is 0 Å². The van der Waals surface area contributed by atoms with Gasteiger partial charge in [-0.3, -0.25) is 4.79 Å². The van der Waals surface area contributed by atoms with Gasteiger partial charge in [0.25, 0.3) is 0 Å². The quantitative estimate of drug-likeness (QED) is 0.161. The monoisotopic (exact) mass is 410 g/mol. The molecule has 0 spiro atoms. The maximum atomic E-state index is 10.7. The van der Waals surface area contributed by atoms with Gasteiger partial charge in [0, 0.05) is 0 Å². The van der Waals surface area contributed by atoms with Gasteiger partial charge in [-0.2, -0.15) is 0 Å². The molecule has 0 radical (unpaired) electrons. The smallest absolute Gasteiger partial charge is 0.306 e. The lowest BCUT2D eigenvalue weighted by Gasteiger charge is -2.06. The number of carbonyl (C=O) groups is 1. The van der Waals surface area contributed by atoms with Gasteiger partial charge in [-0.25, -0.2) is 0 Å². The highest BCUT2D eigenvalue weighted by Crippen LogP contribution is 2.16. The van der Waals surface area contributed by atoms with Gasteiger partial charge < -0.3 is 5.11 Å². The topological polar surface area (TPSA) is 37.3 Å². The zero-order chi connectivity index (χ0) is 21.4. The molecule has 0 aromatic rings. The van der Waals surface area contributed by atoms with Crippen LogP contribution < -0.4 is 0 Å². The molecular formula is C27H54O2. The van der Waals surface area contributed by atoms with Crippen molar-refractivity contribution in [2.24, 2.45) is 5.92 Å². The Morgan fingerprint density at radius 1 is 0.517 bits per heavy atom. The molecule has 0 fully saturated rings. The SMILES string of the molecule is CCCCCCCCCCCCCCCCCCCCCCCCC(C)C(=O)O. The standard InChI is InChI=1S/C27H54O2/c1-3-4-5-6-7-8-9-10-11-12-13-14-15-16-17-18-19-20-21-22-23-24-25-26(2)27(28)29/h26H,3-25H2,1-2H3,(H,28,29). The van der Waals surface area contributed by atoms with E-state index in [4.69, 9.17) is 5.11 Å². The Morgan fingerprint density at radius 3 is 1.00 bits per heavy atom. The number of unbranched alkanes of at least 4 members (excludes halogenated alkanes) is 21. The van der Waals surface area contributed by atoms with Crippen molar-refractivity contribution in [2.45, 2.75) is 162 Å².